The molecule has 64 heavy (non-hydrogen) atoms. The van der Waals surface area contributed by atoms with E-state index in [1.165, 1.54) is 13.8 Å². The summed E-state index contributed by atoms with van der Waals surface area (Å²) >= 11 is 0. The zero-order chi connectivity index (χ0) is 50.2. The van der Waals surface area contributed by atoms with Crippen LogP contribution in [0.15, 0.2) is 0 Å². The van der Waals surface area contributed by atoms with Crippen LogP contribution in [-0.4, -0.2) is 136 Å². The average molecular weight is 916 g/mol. The van der Waals surface area contributed by atoms with Gasteiger partial charge in [-0.2, -0.15) is 0 Å². The number of aliphatic hydroxyl groups is 2. The Bertz CT molecular complexity index is 1530. The zero-order valence-corrected chi connectivity index (χ0v) is 40.4. The van der Waals surface area contributed by atoms with Gasteiger partial charge in [0.15, 0.2) is 0 Å². The number of rotatable bonds is 28. The molecule has 0 aliphatic rings. The van der Waals surface area contributed by atoms with Gasteiger partial charge >= 0.3 is 5.97 Å². The maximum Gasteiger partial charge on any atom is 0.326 e. The minimum atomic E-state index is -1.56. The van der Waals surface area contributed by atoms with Gasteiger partial charge in [0.25, 0.3) is 0 Å². The highest BCUT2D eigenvalue weighted by Crippen LogP contribution is 2.13. The van der Waals surface area contributed by atoms with Gasteiger partial charge < -0.3 is 63.6 Å². The first-order chi connectivity index (χ1) is 29.7. The minimum Gasteiger partial charge on any atom is -0.480 e. The molecule has 0 saturated heterocycles. The van der Waals surface area contributed by atoms with E-state index in [-0.39, 0.29) is 18.3 Å². The molecule has 0 aliphatic carbocycles. The Balaban J connectivity index is 0. The second-order valence-corrected chi connectivity index (χ2v) is 17.2. The lowest BCUT2D eigenvalue weighted by molar-refractivity contribution is -0.144. The molecule has 11 atom stereocenters. The maximum atomic E-state index is 13.7. The average Bonchev–Trinajstić information content (AvgIpc) is 3.21. The van der Waals surface area contributed by atoms with Gasteiger partial charge in [-0.1, -0.05) is 95.9 Å². The fourth-order valence-electron chi connectivity index (χ4n) is 6.07. The van der Waals surface area contributed by atoms with E-state index in [1.807, 2.05) is 27.7 Å². The molecule has 0 aliphatic heterocycles. The lowest BCUT2D eigenvalue weighted by Gasteiger charge is -2.29. The van der Waals surface area contributed by atoms with Crippen molar-refractivity contribution in [2.24, 2.45) is 35.3 Å². The number of nitrogens with one attached hydrogen (secondary N) is 8. The van der Waals surface area contributed by atoms with Gasteiger partial charge in [-0.3, -0.25) is 38.4 Å². The van der Waals surface area contributed by atoms with Crippen molar-refractivity contribution < 1.29 is 58.5 Å². The lowest BCUT2D eigenvalue weighted by atomic mass is 9.96. The van der Waals surface area contributed by atoms with Crippen LogP contribution in [0.25, 0.3) is 0 Å². The number of aliphatic hydroxyl groups excluding tert-OH is 2. The smallest absolute Gasteiger partial charge is 0.326 e. The number of amides is 8. The highest BCUT2D eigenvalue weighted by atomic mass is 16.4. The molecule has 0 saturated carbocycles. The molecule has 11 unspecified atom stereocenters. The van der Waals surface area contributed by atoms with E-state index in [0.29, 0.717) is 19.3 Å². The first-order valence-electron chi connectivity index (χ1n) is 22.4. The van der Waals surface area contributed by atoms with Gasteiger partial charge in [-0.05, 0) is 56.3 Å². The van der Waals surface area contributed by atoms with Crippen molar-refractivity contribution in [2.75, 3.05) is 13.1 Å². The summed E-state index contributed by atoms with van der Waals surface area (Å²) in [4.78, 5) is 117. The third kappa shape index (κ3) is 22.6. The summed E-state index contributed by atoms with van der Waals surface area (Å²) in [5.74, 6) is -9.10. The van der Waals surface area contributed by atoms with Crippen LogP contribution in [0.1, 0.15) is 123 Å². The van der Waals surface area contributed by atoms with Crippen molar-refractivity contribution in [3.8, 4) is 0 Å². The summed E-state index contributed by atoms with van der Waals surface area (Å²) in [7, 11) is 0. The van der Waals surface area contributed by atoms with Crippen molar-refractivity contribution in [3.63, 3.8) is 0 Å². The van der Waals surface area contributed by atoms with Gasteiger partial charge in [0.05, 0.1) is 31.3 Å². The number of carbonyl (C=O) groups is 9. The predicted molar refractivity (Wildman–Crippen MR) is 241 cm³/mol. The van der Waals surface area contributed by atoms with Crippen LogP contribution in [-0.2, 0) is 43.2 Å². The summed E-state index contributed by atoms with van der Waals surface area (Å²) in [6, 6.07) is -8.79. The van der Waals surface area contributed by atoms with E-state index in [2.05, 4.69) is 42.5 Å². The SMILES string of the molecule is CC.CCC(C)C(NC(=O)CNC(=O)C(NC(=O)C(N)CC(C)C)C(C)O)C(=O)NCC(=O)NC(C(=O)NC(CC(C)C)C(=O)NC(C(=O)NC(C(=O)O)C(C)C)C(C)O)C(C)CC. The van der Waals surface area contributed by atoms with E-state index in [1.54, 1.807) is 55.4 Å². The largest absolute Gasteiger partial charge is 0.480 e. The number of hydrogen-bond acceptors (Lipinski definition) is 12. The first kappa shape index (κ1) is 61.2. The summed E-state index contributed by atoms with van der Waals surface area (Å²) in [6.45, 7) is 22.7. The third-order valence-electron chi connectivity index (χ3n) is 10.2. The Morgan fingerprint density at radius 1 is 0.469 bits per heavy atom. The maximum absolute atomic E-state index is 13.7. The molecular formula is C43H81N9O12. The van der Waals surface area contributed by atoms with Crippen molar-refractivity contribution in [1.29, 1.82) is 0 Å². The molecule has 0 aromatic rings. The number of carbonyl (C=O) groups excluding carboxylic acids is 8. The fraction of sp³-hybridized carbons (Fsp3) is 0.791. The lowest BCUT2D eigenvalue weighted by Crippen LogP contribution is -2.61. The molecule has 0 rings (SSSR count). The van der Waals surface area contributed by atoms with Crippen molar-refractivity contribution >= 4 is 53.2 Å². The number of carboxylic acids is 1. The highest BCUT2D eigenvalue weighted by molar-refractivity contribution is 5.97. The van der Waals surface area contributed by atoms with E-state index < -0.39 is 139 Å². The molecular weight excluding hydrogens is 835 g/mol. The summed E-state index contributed by atoms with van der Waals surface area (Å²) in [5, 5.41) is 49.7. The van der Waals surface area contributed by atoms with Crippen LogP contribution in [0.4, 0.5) is 0 Å². The number of aliphatic carboxylic acids is 1. The Kier molecular flexibility index (Phi) is 29.7. The number of hydrogen-bond donors (Lipinski definition) is 12. The molecule has 0 aromatic heterocycles. The van der Waals surface area contributed by atoms with Gasteiger partial charge in [0.1, 0.15) is 36.3 Å². The van der Waals surface area contributed by atoms with E-state index in [0.717, 1.165) is 0 Å². The zero-order valence-electron chi connectivity index (χ0n) is 40.4. The van der Waals surface area contributed by atoms with Gasteiger partial charge in [-0.25, -0.2) is 4.79 Å². The molecule has 0 heterocycles. The molecule has 0 bridgehead atoms. The molecule has 0 aromatic carbocycles. The predicted octanol–water partition coefficient (Wildman–Crippen LogP) is -0.832. The molecule has 0 spiro atoms. The Morgan fingerprint density at radius 3 is 1.20 bits per heavy atom. The van der Waals surface area contributed by atoms with Crippen molar-refractivity contribution in [1.82, 2.24) is 42.5 Å². The van der Waals surface area contributed by atoms with Crippen LogP contribution >= 0.6 is 0 Å². The highest BCUT2D eigenvalue weighted by Gasteiger charge is 2.36. The molecule has 21 heteroatoms. The van der Waals surface area contributed by atoms with Crippen molar-refractivity contribution in [2.45, 2.75) is 177 Å². The second kappa shape index (κ2) is 31.1. The van der Waals surface area contributed by atoms with Gasteiger partial charge in [0.2, 0.25) is 47.3 Å². The van der Waals surface area contributed by atoms with E-state index >= 15 is 0 Å². The van der Waals surface area contributed by atoms with Crippen LogP contribution in [0, 0.1) is 29.6 Å². The minimum absolute atomic E-state index is 0.0873. The molecule has 21 nitrogen and oxygen atoms in total. The summed E-state index contributed by atoms with van der Waals surface area (Å²) < 4.78 is 0. The number of carboxylic acid groups (broad SMARTS) is 1. The normalized spacial score (nSPS) is 16.3. The number of nitrogens with two attached hydrogens (primary N) is 1. The van der Waals surface area contributed by atoms with Crippen molar-refractivity contribution in [3.05, 3.63) is 0 Å². The standard InChI is InChI=1S/C41H75N9O12.C2H6/c1-13-22(9)31(46-28(53)18-44-38(58)33(24(11)51)49-35(55)26(42)15-19(3)4)37(57)43-17-29(54)47-32(23(10)14-2)39(59)45-27(16-20(5)6)36(56)50-34(25(12)52)40(60)48-30(21(7)8)41(61)62;1-2/h19-27,30-34,51-52H,13-18,42H2,1-12H3,(H,43,57)(H,44,58)(H,45,59)(H,46,53)(H,47,54)(H,48,60)(H,49,55)(H,50,56)(H,61,62);1-2H3. The Hall–Kier alpha value is -4.89. The molecule has 0 radical (unpaired) electrons. The summed E-state index contributed by atoms with van der Waals surface area (Å²) in [6.07, 6.45) is -1.51. The third-order valence-corrected chi connectivity index (χ3v) is 10.2. The van der Waals surface area contributed by atoms with Gasteiger partial charge in [0, 0.05) is 0 Å². The van der Waals surface area contributed by atoms with Crippen LogP contribution in [0.5, 0.6) is 0 Å². The molecule has 0 fully saturated rings. The van der Waals surface area contributed by atoms with Crippen LogP contribution in [0.3, 0.4) is 0 Å². The van der Waals surface area contributed by atoms with Crippen LogP contribution in [0.2, 0.25) is 0 Å². The summed E-state index contributed by atoms with van der Waals surface area (Å²) in [5.41, 5.74) is 5.89. The second-order valence-electron chi connectivity index (χ2n) is 17.2. The molecule has 13 N–H and O–H groups in total. The monoisotopic (exact) mass is 916 g/mol. The van der Waals surface area contributed by atoms with Gasteiger partial charge in [-0.15, -0.1) is 0 Å². The quantitative estimate of drug-likeness (QED) is 0.0457. The van der Waals surface area contributed by atoms with Crippen LogP contribution < -0.4 is 48.3 Å². The Labute approximate surface area is 379 Å². The van der Waals surface area contributed by atoms with E-state index in [4.69, 9.17) is 5.73 Å². The topological polar surface area (TPSA) is 337 Å². The Morgan fingerprint density at radius 2 is 0.828 bits per heavy atom. The fourth-order valence-corrected chi connectivity index (χ4v) is 6.07. The van der Waals surface area contributed by atoms with E-state index in [9.17, 15) is 58.5 Å². The molecule has 370 valence electrons. The molecule has 8 amide bonds. The first-order valence-corrected chi connectivity index (χ1v) is 22.4.